The van der Waals surface area contributed by atoms with Crippen molar-refractivity contribution in [2.75, 3.05) is 0 Å². The van der Waals surface area contributed by atoms with Crippen LogP contribution in [0.5, 0.6) is 0 Å². The molecule has 1 heterocycles. The molecule has 1 unspecified atom stereocenters. The van der Waals surface area contributed by atoms with E-state index in [1.807, 2.05) is 4.68 Å². The lowest BCUT2D eigenvalue weighted by Gasteiger charge is -2.22. The van der Waals surface area contributed by atoms with Gasteiger partial charge in [-0.15, -0.1) is 0 Å². The SMILES string of the molecule is CC(C)Cn1ncnc1CC(CC1CCCCCC1)NN. The van der Waals surface area contributed by atoms with Gasteiger partial charge in [-0.2, -0.15) is 5.10 Å². The molecule has 1 fully saturated rings. The van der Waals surface area contributed by atoms with Crippen LogP contribution in [0.2, 0.25) is 0 Å². The Morgan fingerprint density at radius 1 is 1.29 bits per heavy atom. The standard InChI is InChI=1S/C16H31N5/c1-13(2)11-21-16(18-12-19-21)10-15(20-17)9-14-7-5-3-4-6-8-14/h12-15,20H,3-11,17H2,1-2H3. The smallest absolute Gasteiger partial charge is 0.138 e. The van der Waals surface area contributed by atoms with E-state index >= 15 is 0 Å². The summed E-state index contributed by atoms with van der Waals surface area (Å²) in [5, 5.41) is 4.34. The summed E-state index contributed by atoms with van der Waals surface area (Å²) in [6.07, 6.45) is 12.0. The fourth-order valence-electron chi connectivity index (χ4n) is 3.38. The summed E-state index contributed by atoms with van der Waals surface area (Å²) < 4.78 is 2.03. The summed E-state index contributed by atoms with van der Waals surface area (Å²) in [7, 11) is 0. The quantitative estimate of drug-likeness (QED) is 0.461. The number of rotatable bonds is 7. The van der Waals surface area contributed by atoms with E-state index in [4.69, 9.17) is 5.84 Å². The Bertz CT molecular complexity index is 393. The Morgan fingerprint density at radius 2 is 2.00 bits per heavy atom. The number of nitrogens with two attached hydrogens (primary N) is 1. The molecule has 3 N–H and O–H groups in total. The Kier molecular flexibility index (Phi) is 6.64. The Labute approximate surface area is 128 Å². The summed E-state index contributed by atoms with van der Waals surface area (Å²) in [5.74, 6) is 8.24. The molecule has 0 spiro atoms. The van der Waals surface area contributed by atoms with Gasteiger partial charge in [-0.3, -0.25) is 11.3 Å². The van der Waals surface area contributed by atoms with E-state index in [1.165, 1.54) is 38.5 Å². The van der Waals surface area contributed by atoms with Crippen LogP contribution >= 0.6 is 0 Å². The van der Waals surface area contributed by atoms with Crippen molar-refractivity contribution in [3.8, 4) is 0 Å². The first-order valence-electron chi connectivity index (χ1n) is 8.51. The zero-order valence-electron chi connectivity index (χ0n) is 13.6. The molecule has 1 atom stereocenters. The maximum absolute atomic E-state index is 5.79. The van der Waals surface area contributed by atoms with Crippen LogP contribution in [-0.4, -0.2) is 20.8 Å². The van der Waals surface area contributed by atoms with E-state index in [-0.39, 0.29) is 0 Å². The van der Waals surface area contributed by atoms with Crippen molar-refractivity contribution in [1.29, 1.82) is 0 Å². The fraction of sp³-hybridized carbons (Fsp3) is 0.875. The van der Waals surface area contributed by atoms with Crippen LogP contribution in [0.3, 0.4) is 0 Å². The first kappa shape index (κ1) is 16.4. The third-order valence-corrected chi connectivity index (χ3v) is 4.49. The monoisotopic (exact) mass is 293 g/mol. The van der Waals surface area contributed by atoms with Gasteiger partial charge in [-0.25, -0.2) is 9.67 Å². The molecule has 1 aliphatic carbocycles. The summed E-state index contributed by atoms with van der Waals surface area (Å²) in [5.41, 5.74) is 3.01. The molecular weight excluding hydrogens is 262 g/mol. The topological polar surface area (TPSA) is 68.8 Å². The van der Waals surface area contributed by atoms with Crippen LogP contribution in [0.1, 0.15) is 64.6 Å². The Balaban J connectivity index is 1.90. The van der Waals surface area contributed by atoms with E-state index in [0.717, 1.165) is 31.1 Å². The van der Waals surface area contributed by atoms with E-state index in [9.17, 15) is 0 Å². The highest BCUT2D eigenvalue weighted by Crippen LogP contribution is 2.27. The molecule has 1 aliphatic rings. The largest absolute Gasteiger partial charge is 0.271 e. The Hall–Kier alpha value is -0.940. The molecule has 1 aromatic heterocycles. The van der Waals surface area contributed by atoms with Crippen LogP contribution < -0.4 is 11.3 Å². The minimum Gasteiger partial charge on any atom is -0.271 e. The zero-order valence-corrected chi connectivity index (χ0v) is 13.6. The molecule has 21 heavy (non-hydrogen) atoms. The van der Waals surface area contributed by atoms with Gasteiger partial charge < -0.3 is 0 Å². The van der Waals surface area contributed by atoms with Gasteiger partial charge in [0.2, 0.25) is 0 Å². The molecule has 2 rings (SSSR count). The lowest BCUT2D eigenvalue weighted by Crippen LogP contribution is -2.39. The number of aromatic nitrogens is 3. The van der Waals surface area contributed by atoms with Crippen molar-refractivity contribution >= 4 is 0 Å². The van der Waals surface area contributed by atoms with Gasteiger partial charge in [0.05, 0.1) is 0 Å². The normalized spacial score (nSPS) is 18.9. The highest BCUT2D eigenvalue weighted by Gasteiger charge is 2.19. The minimum atomic E-state index is 0.309. The molecule has 0 aliphatic heterocycles. The van der Waals surface area contributed by atoms with E-state index in [0.29, 0.717) is 12.0 Å². The average molecular weight is 293 g/mol. The summed E-state index contributed by atoms with van der Waals surface area (Å²) in [4.78, 5) is 4.42. The zero-order chi connectivity index (χ0) is 15.1. The highest BCUT2D eigenvalue weighted by molar-refractivity contribution is 4.90. The van der Waals surface area contributed by atoms with Crippen molar-refractivity contribution in [1.82, 2.24) is 20.2 Å². The molecule has 5 heteroatoms. The minimum absolute atomic E-state index is 0.309. The molecule has 1 aromatic rings. The van der Waals surface area contributed by atoms with E-state index in [2.05, 4.69) is 29.4 Å². The molecule has 0 amide bonds. The lowest BCUT2D eigenvalue weighted by atomic mass is 9.91. The number of nitrogens with zero attached hydrogens (tertiary/aromatic N) is 3. The molecule has 0 aromatic carbocycles. The molecule has 1 saturated carbocycles. The second-order valence-electron chi connectivity index (χ2n) is 6.91. The molecular formula is C16H31N5. The first-order chi connectivity index (χ1) is 10.2. The molecule has 5 nitrogen and oxygen atoms in total. The van der Waals surface area contributed by atoms with Crippen LogP contribution in [-0.2, 0) is 13.0 Å². The first-order valence-corrected chi connectivity index (χ1v) is 8.51. The van der Waals surface area contributed by atoms with Gasteiger partial charge in [-0.05, 0) is 18.3 Å². The maximum atomic E-state index is 5.79. The van der Waals surface area contributed by atoms with Gasteiger partial charge in [0.1, 0.15) is 12.2 Å². The maximum Gasteiger partial charge on any atom is 0.138 e. The number of nitrogens with one attached hydrogen (secondary N) is 1. The van der Waals surface area contributed by atoms with Gasteiger partial charge in [0.15, 0.2) is 0 Å². The molecule has 0 bridgehead atoms. The van der Waals surface area contributed by atoms with Crippen molar-refractivity contribution in [2.45, 2.75) is 77.8 Å². The van der Waals surface area contributed by atoms with Crippen molar-refractivity contribution in [2.24, 2.45) is 17.7 Å². The summed E-state index contributed by atoms with van der Waals surface area (Å²) in [6, 6.07) is 0.309. The van der Waals surface area contributed by atoms with E-state index < -0.39 is 0 Å². The predicted octanol–water partition coefficient (Wildman–Crippen LogP) is 2.67. The van der Waals surface area contributed by atoms with Gasteiger partial charge >= 0.3 is 0 Å². The second kappa shape index (κ2) is 8.49. The van der Waals surface area contributed by atoms with Crippen molar-refractivity contribution in [3.05, 3.63) is 12.2 Å². The molecule has 0 radical (unpaired) electrons. The van der Waals surface area contributed by atoms with Gasteiger partial charge in [0.25, 0.3) is 0 Å². The van der Waals surface area contributed by atoms with Crippen LogP contribution in [0.4, 0.5) is 0 Å². The number of hydrogen-bond acceptors (Lipinski definition) is 4. The molecule has 120 valence electrons. The van der Waals surface area contributed by atoms with Crippen molar-refractivity contribution in [3.63, 3.8) is 0 Å². The second-order valence-corrected chi connectivity index (χ2v) is 6.91. The lowest BCUT2D eigenvalue weighted by molar-refractivity contribution is 0.343. The van der Waals surface area contributed by atoms with E-state index in [1.54, 1.807) is 6.33 Å². The van der Waals surface area contributed by atoms with Gasteiger partial charge in [-0.1, -0.05) is 52.4 Å². The summed E-state index contributed by atoms with van der Waals surface area (Å²) in [6.45, 7) is 5.33. The van der Waals surface area contributed by atoms with Gasteiger partial charge in [0, 0.05) is 19.0 Å². The van der Waals surface area contributed by atoms with Crippen LogP contribution in [0, 0.1) is 11.8 Å². The third-order valence-electron chi connectivity index (χ3n) is 4.49. The average Bonchev–Trinajstić information content (AvgIpc) is 2.72. The Morgan fingerprint density at radius 3 is 2.62 bits per heavy atom. The highest BCUT2D eigenvalue weighted by atomic mass is 15.3. The van der Waals surface area contributed by atoms with Crippen LogP contribution in [0.15, 0.2) is 6.33 Å². The number of hydrogen-bond donors (Lipinski definition) is 2. The summed E-state index contributed by atoms with van der Waals surface area (Å²) >= 11 is 0. The third kappa shape index (κ3) is 5.40. The predicted molar refractivity (Wildman–Crippen MR) is 85.5 cm³/mol. The fourth-order valence-corrected chi connectivity index (χ4v) is 3.38. The van der Waals surface area contributed by atoms with Crippen LogP contribution in [0.25, 0.3) is 0 Å². The van der Waals surface area contributed by atoms with Crippen molar-refractivity contribution < 1.29 is 0 Å². The molecule has 0 saturated heterocycles. The number of hydrazine groups is 1.